The Hall–Kier alpha value is -1.52. The molecule has 0 aliphatic rings. The minimum Gasteiger partial charge on any atom is -0.354 e. The lowest BCUT2D eigenvalue weighted by molar-refractivity contribution is 0.953. The van der Waals surface area contributed by atoms with Gasteiger partial charge in [0.25, 0.3) is 0 Å². The van der Waals surface area contributed by atoms with Crippen molar-refractivity contribution in [2.75, 3.05) is 17.2 Å². The van der Waals surface area contributed by atoms with Gasteiger partial charge in [0.05, 0.1) is 6.20 Å². The van der Waals surface area contributed by atoms with Gasteiger partial charge in [0.1, 0.15) is 5.02 Å². The molecule has 0 bridgehead atoms. The Labute approximate surface area is 122 Å². The fourth-order valence-corrected chi connectivity index (χ4v) is 1.71. The molecule has 1 aromatic heterocycles. The third-order valence-corrected chi connectivity index (χ3v) is 2.91. The smallest absolute Gasteiger partial charge is 0.224 e. The summed E-state index contributed by atoms with van der Waals surface area (Å²) in [5, 5.41) is 7.40. The van der Waals surface area contributed by atoms with E-state index in [0.29, 0.717) is 21.8 Å². The minimum absolute atomic E-state index is 0.469. The molecule has 0 aliphatic heterocycles. The number of benzene rings is 1. The molecule has 19 heavy (non-hydrogen) atoms. The Bertz CT molecular complexity index is 543. The highest BCUT2D eigenvalue weighted by atomic mass is 35.5. The summed E-state index contributed by atoms with van der Waals surface area (Å²) in [5.74, 6) is 1.13. The second-order valence-electron chi connectivity index (χ2n) is 3.95. The Kier molecular flexibility index (Phi) is 4.82. The largest absolute Gasteiger partial charge is 0.354 e. The van der Waals surface area contributed by atoms with Crippen LogP contribution in [-0.4, -0.2) is 16.5 Å². The molecule has 2 aromatic rings. The van der Waals surface area contributed by atoms with Gasteiger partial charge in [0.15, 0.2) is 5.82 Å². The standard InChI is InChI=1S/C13H14Cl2N4/c1-2-7-16-13-17-8-11(15)12(19-13)18-10-5-3-9(14)4-6-10/h3-6,8H,2,7H2,1H3,(H2,16,17,18,19). The van der Waals surface area contributed by atoms with Crippen LogP contribution in [0.1, 0.15) is 13.3 Å². The summed E-state index contributed by atoms with van der Waals surface area (Å²) >= 11 is 11.9. The van der Waals surface area contributed by atoms with Crippen molar-refractivity contribution in [3.63, 3.8) is 0 Å². The second-order valence-corrected chi connectivity index (χ2v) is 4.79. The van der Waals surface area contributed by atoms with E-state index in [9.17, 15) is 0 Å². The molecule has 0 saturated heterocycles. The van der Waals surface area contributed by atoms with Gasteiger partial charge in [-0.1, -0.05) is 30.1 Å². The molecule has 0 atom stereocenters. The van der Waals surface area contributed by atoms with E-state index in [2.05, 4.69) is 27.5 Å². The zero-order valence-electron chi connectivity index (χ0n) is 10.5. The van der Waals surface area contributed by atoms with Gasteiger partial charge < -0.3 is 10.6 Å². The SMILES string of the molecule is CCCNc1ncc(Cl)c(Nc2ccc(Cl)cc2)n1. The van der Waals surface area contributed by atoms with Crippen molar-refractivity contribution in [3.8, 4) is 0 Å². The number of anilines is 3. The summed E-state index contributed by atoms with van der Waals surface area (Å²) in [5.41, 5.74) is 0.867. The number of hydrogen-bond acceptors (Lipinski definition) is 4. The van der Waals surface area contributed by atoms with Gasteiger partial charge in [-0.3, -0.25) is 0 Å². The summed E-state index contributed by atoms with van der Waals surface area (Å²) in [4.78, 5) is 8.45. The number of nitrogens with one attached hydrogen (secondary N) is 2. The summed E-state index contributed by atoms with van der Waals surface area (Å²) in [7, 11) is 0. The monoisotopic (exact) mass is 296 g/mol. The maximum absolute atomic E-state index is 6.07. The first-order chi connectivity index (χ1) is 9.19. The Morgan fingerprint density at radius 3 is 2.58 bits per heavy atom. The van der Waals surface area contributed by atoms with Crippen molar-refractivity contribution >= 4 is 40.7 Å². The Morgan fingerprint density at radius 1 is 1.16 bits per heavy atom. The third-order valence-electron chi connectivity index (χ3n) is 2.38. The fourth-order valence-electron chi connectivity index (χ4n) is 1.45. The van der Waals surface area contributed by atoms with E-state index in [1.165, 1.54) is 0 Å². The minimum atomic E-state index is 0.469. The highest BCUT2D eigenvalue weighted by molar-refractivity contribution is 6.33. The highest BCUT2D eigenvalue weighted by Gasteiger charge is 2.05. The Balaban J connectivity index is 2.16. The number of aromatic nitrogens is 2. The molecule has 4 nitrogen and oxygen atoms in total. The van der Waals surface area contributed by atoms with Crippen LogP contribution in [0.4, 0.5) is 17.5 Å². The maximum Gasteiger partial charge on any atom is 0.224 e. The molecule has 0 fully saturated rings. The number of nitrogens with zero attached hydrogens (tertiary/aromatic N) is 2. The number of rotatable bonds is 5. The molecule has 0 saturated carbocycles. The second kappa shape index (κ2) is 6.59. The van der Waals surface area contributed by atoms with Gasteiger partial charge in [0.2, 0.25) is 5.95 Å². The van der Waals surface area contributed by atoms with E-state index >= 15 is 0 Å². The van der Waals surface area contributed by atoms with E-state index in [1.807, 2.05) is 12.1 Å². The average molecular weight is 297 g/mol. The van der Waals surface area contributed by atoms with Gasteiger partial charge in [-0.05, 0) is 30.7 Å². The highest BCUT2D eigenvalue weighted by Crippen LogP contribution is 2.24. The van der Waals surface area contributed by atoms with Gasteiger partial charge in [-0.25, -0.2) is 4.98 Å². The molecule has 2 rings (SSSR count). The quantitative estimate of drug-likeness (QED) is 0.861. The predicted molar refractivity (Wildman–Crippen MR) is 80.6 cm³/mol. The van der Waals surface area contributed by atoms with Crippen molar-refractivity contribution in [1.82, 2.24) is 9.97 Å². The molecule has 1 aromatic carbocycles. The molecule has 0 unspecified atom stereocenters. The van der Waals surface area contributed by atoms with E-state index in [-0.39, 0.29) is 0 Å². The van der Waals surface area contributed by atoms with Crippen molar-refractivity contribution in [2.24, 2.45) is 0 Å². The molecule has 2 N–H and O–H groups in total. The van der Waals surface area contributed by atoms with Crippen LogP contribution in [0.25, 0.3) is 0 Å². The maximum atomic E-state index is 6.07. The van der Waals surface area contributed by atoms with Crippen LogP contribution in [0.3, 0.4) is 0 Å². The van der Waals surface area contributed by atoms with Crippen LogP contribution in [0.5, 0.6) is 0 Å². The van der Waals surface area contributed by atoms with E-state index in [1.54, 1.807) is 18.3 Å². The van der Waals surface area contributed by atoms with Crippen molar-refractivity contribution in [1.29, 1.82) is 0 Å². The Morgan fingerprint density at radius 2 is 1.89 bits per heavy atom. The van der Waals surface area contributed by atoms with Crippen molar-refractivity contribution in [3.05, 3.63) is 40.5 Å². The molecule has 6 heteroatoms. The van der Waals surface area contributed by atoms with Crippen molar-refractivity contribution in [2.45, 2.75) is 13.3 Å². The molecule has 0 radical (unpaired) electrons. The summed E-state index contributed by atoms with van der Waals surface area (Å²) in [6.45, 7) is 2.90. The summed E-state index contributed by atoms with van der Waals surface area (Å²) < 4.78 is 0. The lowest BCUT2D eigenvalue weighted by Gasteiger charge is -2.09. The predicted octanol–water partition coefficient (Wildman–Crippen LogP) is 4.35. The first-order valence-electron chi connectivity index (χ1n) is 5.98. The number of halogens is 2. The normalized spacial score (nSPS) is 10.3. The zero-order chi connectivity index (χ0) is 13.7. The van der Waals surface area contributed by atoms with Gasteiger partial charge in [-0.15, -0.1) is 0 Å². The van der Waals surface area contributed by atoms with Gasteiger partial charge in [-0.2, -0.15) is 4.98 Å². The third kappa shape index (κ3) is 3.98. The molecular weight excluding hydrogens is 283 g/mol. The van der Waals surface area contributed by atoms with Gasteiger partial charge in [0, 0.05) is 17.3 Å². The summed E-state index contributed by atoms with van der Waals surface area (Å²) in [6.07, 6.45) is 2.58. The van der Waals surface area contributed by atoms with Crippen LogP contribution < -0.4 is 10.6 Å². The van der Waals surface area contributed by atoms with Crippen LogP contribution in [0.15, 0.2) is 30.5 Å². The van der Waals surface area contributed by atoms with Gasteiger partial charge >= 0.3 is 0 Å². The molecule has 100 valence electrons. The lowest BCUT2D eigenvalue weighted by Crippen LogP contribution is -2.06. The molecule has 1 heterocycles. The number of hydrogen-bond donors (Lipinski definition) is 2. The first kappa shape index (κ1) is 13.9. The zero-order valence-corrected chi connectivity index (χ0v) is 12.0. The van der Waals surface area contributed by atoms with Crippen LogP contribution >= 0.6 is 23.2 Å². The van der Waals surface area contributed by atoms with E-state index in [0.717, 1.165) is 18.7 Å². The van der Waals surface area contributed by atoms with Crippen LogP contribution in [-0.2, 0) is 0 Å². The molecule has 0 aliphatic carbocycles. The first-order valence-corrected chi connectivity index (χ1v) is 6.73. The van der Waals surface area contributed by atoms with Crippen molar-refractivity contribution < 1.29 is 0 Å². The van der Waals surface area contributed by atoms with Crippen LogP contribution in [0.2, 0.25) is 10.0 Å². The topological polar surface area (TPSA) is 49.8 Å². The van der Waals surface area contributed by atoms with E-state index < -0.39 is 0 Å². The summed E-state index contributed by atoms with van der Waals surface area (Å²) in [6, 6.07) is 7.32. The average Bonchev–Trinajstić information content (AvgIpc) is 2.42. The molecule has 0 spiro atoms. The lowest BCUT2D eigenvalue weighted by atomic mass is 10.3. The van der Waals surface area contributed by atoms with Crippen LogP contribution in [0, 0.1) is 0 Å². The van der Waals surface area contributed by atoms with E-state index in [4.69, 9.17) is 23.2 Å². The fraction of sp³-hybridized carbons (Fsp3) is 0.231. The molecular formula is C13H14Cl2N4. The molecule has 0 amide bonds.